The largest absolute Gasteiger partial charge is 0.465 e. The number of halogens is 1. The zero-order valence-corrected chi connectivity index (χ0v) is 12.8. The molecule has 0 spiro atoms. The summed E-state index contributed by atoms with van der Waals surface area (Å²) in [5.41, 5.74) is 0.729. The monoisotopic (exact) mass is 329 g/mol. The molecule has 0 fully saturated rings. The van der Waals surface area contributed by atoms with Gasteiger partial charge in [-0.15, -0.1) is 0 Å². The Balaban J connectivity index is 1.72. The lowest BCUT2D eigenvalue weighted by Gasteiger charge is -2.25. The molecular formula is C16H12FN3O2S. The van der Waals surface area contributed by atoms with E-state index in [-0.39, 0.29) is 11.4 Å². The molecule has 0 aliphatic carbocycles. The summed E-state index contributed by atoms with van der Waals surface area (Å²) in [4.78, 5) is 19.6. The average molecular weight is 329 g/mol. The van der Waals surface area contributed by atoms with Gasteiger partial charge in [0.15, 0.2) is 4.80 Å². The molecule has 0 amide bonds. The summed E-state index contributed by atoms with van der Waals surface area (Å²) < 4.78 is 20.5. The van der Waals surface area contributed by atoms with Crippen molar-refractivity contribution in [2.24, 2.45) is 4.99 Å². The molecule has 0 atom stereocenters. The van der Waals surface area contributed by atoms with Crippen LogP contribution in [0.3, 0.4) is 0 Å². The molecule has 0 radical (unpaired) electrons. The van der Waals surface area contributed by atoms with Gasteiger partial charge in [-0.3, -0.25) is 9.36 Å². The lowest BCUT2D eigenvalue weighted by molar-refractivity contribution is 0.556. The van der Waals surface area contributed by atoms with Gasteiger partial charge in [0.25, 0.3) is 5.56 Å². The van der Waals surface area contributed by atoms with Gasteiger partial charge in [0.05, 0.1) is 10.8 Å². The Bertz CT molecular complexity index is 1000. The van der Waals surface area contributed by atoms with Crippen molar-refractivity contribution >= 4 is 23.1 Å². The molecule has 7 heteroatoms. The van der Waals surface area contributed by atoms with Crippen LogP contribution in [0.4, 0.5) is 10.1 Å². The first-order chi connectivity index (χ1) is 11.2. The highest BCUT2D eigenvalue weighted by Gasteiger charge is 2.16. The maximum absolute atomic E-state index is 13.0. The number of anilines is 1. The summed E-state index contributed by atoms with van der Waals surface area (Å²) in [5, 5.41) is 0. The van der Waals surface area contributed by atoms with E-state index in [1.165, 1.54) is 23.5 Å². The SMILES string of the molecule is O=c1/c(=C/c2ccco2)sc2n1CN(c1ccc(F)cc1)CN=2. The average Bonchev–Trinajstić information content (AvgIpc) is 3.17. The van der Waals surface area contributed by atoms with Crippen LogP contribution in [0.2, 0.25) is 0 Å². The summed E-state index contributed by atoms with van der Waals surface area (Å²) in [6.45, 7) is 0.831. The number of aromatic nitrogens is 1. The van der Waals surface area contributed by atoms with E-state index in [2.05, 4.69) is 4.99 Å². The summed E-state index contributed by atoms with van der Waals surface area (Å²) in [6, 6.07) is 9.74. The number of rotatable bonds is 2. The van der Waals surface area contributed by atoms with Crippen LogP contribution in [0.5, 0.6) is 0 Å². The molecule has 23 heavy (non-hydrogen) atoms. The second kappa shape index (κ2) is 5.51. The van der Waals surface area contributed by atoms with Crippen LogP contribution in [-0.4, -0.2) is 11.2 Å². The van der Waals surface area contributed by atoms with E-state index in [1.807, 2.05) is 4.90 Å². The van der Waals surface area contributed by atoms with E-state index >= 15 is 0 Å². The molecule has 1 aliphatic heterocycles. The summed E-state index contributed by atoms with van der Waals surface area (Å²) in [6.07, 6.45) is 3.29. The maximum atomic E-state index is 13.0. The van der Waals surface area contributed by atoms with E-state index in [0.29, 0.717) is 28.4 Å². The standard InChI is InChI=1S/C16H12FN3O2S/c17-11-3-5-12(6-4-11)19-9-18-16-20(10-19)15(21)14(23-16)8-13-2-1-7-22-13/h1-8H,9-10H2/b14-8-. The molecule has 3 aromatic rings. The molecule has 0 saturated heterocycles. The fourth-order valence-corrected chi connectivity index (χ4v) is 3.37. The van der Waals surface area contributed by atoms with Crippen molar-refractivity contribution in [1.29, 1.82) is 0 Å². The first kappa shape index (κ1) is 14.0. The van der Waals surface area contributed by atoms with Crippen molar-refractivity contribution in [3.8, 4) is 0 Å². The highest BCUT2D eigenvalue weighted by atomic mass is 32.1. The predicted molar refractivity (Wildman–Crippen MR) is 85.4 cm³/mol. The number of furan rings is 1. The normalized spacial score (nSPS) is 14.7. The molecule has 2 aromatic heterocycles. The maximum Gasteiger partial charge on any atom is 0.271 e. The molecule has 5 nitrogen and oxygen atoms in total. The minimum atomic E-state index is -0.286. The van der Waals surface area contributed by atoms with Gasteiger partial charge in [-0.05, 0) is 36.4 Å². The molecule has 1 aliphatic rings. The van der Waals surface area contributed by atoms with Crippen molar-refractivity contribution in [3.63, 3.8) is 0 Å². The Hall–Kier alpha value is -2.67. The van der Waals surface area contributed by atoms with Gasteiger partial charge >= 0.3 is 0 Å². The number of hydrogen-bond donors (Lipinski definition) is 0. The van der Waals surface area contributed by atoms with Crippen molar-refractivity contribution in [2.75, 3.05) is 11.6 Å². The molecule has 3 heterocycles. The zero-order valence-electron chi connectivity index (χ0n) is 12.0. The van der Waals surface area contributed by atoms with Crippen LogP contribution in [0, 0.1) is 5.82 Å². The van der Waals surface area contributed by atoms with E-state index in [0.717, 1.165) is 5.69 Å². The summed E-state index contributed by atoms with van der Waals surface area (Å²) in [7, 11) is 0. The van der Waals surface area contributed by atoms with Gasteiger partial charge in [-0.2, -0.15) is 0 Å². The number of thiazole rings is 1. The van der Waals surface area contributed by atoms with Crippen molar-refractivity contribution in [2.45, 2.75) is 6.67 Å². The third-order valence-corrected chi connectivity index (χ3v) is 4.63. The minimum Gasteiger partial charge on any atom is -0.465 e. The van der Waals surface area contributed by atoms with Gasteiger partial charge in [0.1, 0.15) is 24.9 Å². The van der Waals surface area contributed by atoms with E-state index in [4.69, 9.17) is 4.42 Å². The number of hydrogen-bond acceptors (Lipinski definition) is 5. The lowest BCUT2D eigenvalue weighted by atomic mass is 10.3. The van der Waals surface area contributed by atoms with Gasteiger partial charge in [0, 0.05) is 11.8 Å². The zero-order chi connectivity index (χ0) is 15.8. The van der Waals surface area contributed by atoms with Crippen LogP contribution >= 0.6 is 11.3 Å². The molecule has 0 N–H and O–H groups in total. The first-order valence-electron chi connectivity index (χ1n) is 7.00. The van der Waals surface area contributed by atoms with Crippen LogP contribution in [0.15, 0.2) is 56.9 Å². The topological polar surface area (TPSA) is 50.7 Å². The third kappa shape index (κ3) is 2.59. The molecule has 1 aromatic carbocycles. The van der Waals surface area contributed by atoms with E-state index in [9.17, 15) is 9.18 Å². The Labute approximate surface area is 134 Å². The van der Waals surface area contributed by atoms with Crippen LogP contribution in [-0.2, 0) is 6.67 Å². The number of fused-ring (bicyclic) bond motifs is 1. The predicted octanol–water partition coefficient (Wildman–Crippen LogP) is 1.53. The van der Waals surface area contributed by atoms with Crippen molar-refractivity contribution in [3.05, 3.63) is 73.9 Å². The molecular weight excluding hydrogens is 317 g/mol. The quantitative estimate of drug-likeness (QED) is 0.716. The Kier molecular flexibility index (Phi) is 3.34. The van der Waals surface area contributed by atoms with Gasteiger partial charge in [-0.25, -0.2) is 9.38 Å². The second-order valence-electron chi connectivity index (χ2n) is 5.10. The fourth-order valence-electron chi connectivity index (χ4n) is 2.43. The Morgan fingerprint density at radius 3 is 2.83 bits per heavy atom. The van der Waals surface area contributed by atoms with Crippen LogP contribution in [0.25, 0.3) is 6.08 Å². The third-order valence-electron chi connectivity index (χ3n) is 3.59. The summed E-state index contributed by atoms with van der Waals surface area (Å²) in [5.74, 6) is 0.350. The first-order valence-corrected chi connectivity index (χ1v) is 7.82. The second-order valence-corrected chi connectivity index (χ2v) is 6.11. The minimum absolute atomic E-state index is 0.100. The van der Waals surface area contributed by atoms with Gasteiger partial charge < -0.3 is 9.32 Å². The number of benzene rings is 1. The van der Waals surface area contributed by atoms with Crippen molar-refractivity contribution in [1.82, 2.24) is 4.57 Å². The van der Waals surface area contributed by atoms with Crippen LogP contribution < -0.4 is 19.8 Å². The Morgan fingerprint density at radius 1 is 1.26 bits per heavy atom. The van der Waals surface area contributed by atoms with E-state index < -0.39 is 0 Å². The summed E-state index contributed by atoms with van der Waals surface area (Å²) >= 11 is 1.34. The van der Waals surface area contributed by atoms with Crippen LogP contribution in [0.1, 0.15) is 5.76 Å². The lowest BCUT2D eigenvalue weighted by Crippen LogP contribution is -2.42. The smallest absolute Gasteiger partial charge is 0.271 e. The molecule has 4 rings (SSSR count). The highest BCUT2D eigenvalue weighted by Crippen LogP contribution is 2.16. The Morgan fingerprint density at radius 2 is 2.09 bits per heavy atom. The van der Waals surface area contributed by atoms with E-state index in [1.54, 1.807) is 41.2 Å². The number of nitrogens with zero attached hydrogens (tertiary/aromatic N) is 3. The van der Waals surface area contributed by atoms with Gasteiger partial charge in [0.2, 0.25) is 0 Å². The molecule has 0 bridgehead atoms. The highest BCUT2D eigenvalue weighted by molar-refractivity contribution is 7.07. The fraction of sp³-hybridized carbons (Fsp3) is 0.125. The molecule has 0 unspecified atom stereocenters. The van der Waals surface area contributed by atoms with Crippen molar-refractivity contribution < 1.29 is 8.81 Å². The molecule has 116 valence electrons. The molecule has 0 saturated carbocycles. The van der Waals surface area contributed by atoms with Gasteiger partial charge in [-0.1, -0.05) is 11.3 Å².